The van der Waals surface area contributed by atoms with Gasteiger partial charge in [0.05, 0.1) is 39.4 Å². The Balaban J connectivity index is 1.44. The third-order valence-electron chi connectivity index (χ3n) is 10.1. The molecule has 3 aliphatic rings. The summed E-state index contributed by atoms with van der Waals surface area (Å²) in [7, 11) is 1.81. The van der Waals surface area contributed by atoms with E-state index in [0.29, 0.717) is 64.7 Å². The van der Waals surface area contributed by atoms with E-state index >= 15 is 4.39 Å². The molecule has 0 saturated carbocycles. The van der Waals surface area contributed by atoms with Crippen molar-refractivity contribution in [2.45, 2.75) is 104 Å². The first-order valence-electron chi connectivity index (χ1n) is 18.0. The number of likely N-dealkylation sites (N-methyl/N-ethyl adjacent to an activating group) is 1. The zero-order valence-electron chi connectivity index (χ0n) is 30.9. The molecule has 12 nitrogen and oxygen atoms in total. The summed E-state index contributed by atoms with van der Waals surface area (Å²) in [5.74, 6) is 0.424. The Hall–Kier alpha value is -4.29. The van der Waals surface area contributed by atoms with E-state index in [2.05, 4.69) is 47.7 Å². The van der Waals surface area contributed by atoms with Crippen molar-refractivity contribution in [1.82, 2.24) is 20.2 Å². The lowest BCUT2D eigenvalue weighted by atomic mass is 9.91. The highest BCUT2D eigenvalue weighted by molar-refractivity contribution is 7.23. The third-order valence-corrected chi connectivity index (χ3v) is 11.6. The summed E-state index contributed by atoms with van der Waals surface area (Å²) in [6.45, 7) is 13.4. The Labute approximate surface area is 317 Å². The van der Waals surface area contributed by atoms with Gasteiger partial charge in [0.25, 0.3) is 0 Å². The van der Waals surface area contributed by atoms with Crippen LogP contribution in [-0.4, -0.2) is 76.8 Å². The highest BCUT2D eigenvalue weighted by atomic mass is 35.5. The molecule has 4 aromatic rings. The number of nitrogens with zero attached hydrogens (tertiary/aromatic N) is 5. The first-order chi connectivity index (χ1) is 25.2. The van der Waals surface area contributed by atoms with Gasteiger partial charge in [0, 0.05) is 49.2 Å². The van der Waals surface area contributed by atoms with Crippen molar-refractivity contribution >= 4 is 72.7 Å². The number of hydrogen-bond acceptors (Lipinski definition) is 11. The standard InChI is InChI=1S/C38H44ClFN8O4S/c1-18(2)42-25-12-14-48(19(25)3)36-44-31-29(33(45-36)43-26-9-8-13-47(7)35(26)49)23-17-51-16-22(23)27(30(31)39)20-10-11-24(40)32-28(20)21(15-41)34(53-32)46-37(50)52-38(4,5)6/h10-11,18-19,25-26,42H,8-9,12-14,16-17H2,1-7H3,(H,46,50)(H,43,44,45)/t19-,25-,26+/m0/s1. The highest BCUT2D eigenvalue weighted by Gasteiger charge is 2.36. The fourth-order valence-electron chi connectivity index (χ4n) is 7.71. The number of ether oxygens (including phenoxy) is 2. The number of hydrogen-bond donors (Lipinski definition) is 3. The number of thiophene rings is 1. The van der Waals surface area contributed by atoms with Gasteiger partial charge in [-0.15, -0.1) is 11.3 Å². The van der Waals surface area contributed by atoms with E-state index in [-0.39, 0.29) is 51.5 Å². The summed E-state index contributed by atoms with van der Waals surface area (Å²) < 4.78 is 27.3. The van der Waals surface area contributed by atoms with Crippen LogP contribution < -0.4 is 20.9 Å². The van der Waals surface area contributed by atoms with Crippen LogP contribution in [0.2, 0.25) is 5.02 Å². The molecular weight excluding hydrogens is 719 g/mol. The number of nitrogens with one attached hydrogen (secondary N) is 3. The normalized spacial score (nSPS) is 20.4. The second kappa shape index (κ2) is 14.2. The quantitative estimate of drug-likeness (QED) is 0.173. The number of piperidine rings is 1. The number of nitriles is 1. The van der Waals surface area contributed by atoms with Gasteiger partial charge in [0.1, 0.15) is 34.3 Å². The molecule has 0 bridgehead atoms. The number of carbonyl (C=O) groups is 2. The molecule has 3 atom stereocenters. The molecule has 2 saturated heterocycles. The number of rotatable bonds is 7. The monoisotopic (exact) mass is 762 g/mol. The number of halogens is 2. The topological polar surface area (TPSA) is 145 Å². The summed E-state index contributed by atoms with van der Waals surface area (Å²) in [6, 6.07) is 5.24. The van der Waals surface area contributed by atoms with Gasteiger partial charge in [-0.3, -0.25) is 10.1 Å². The maximum atomic E-state index is 15.6. The van der Waals surface area contributed by atoms with Crippen LogP contribution >= 0.6 is 22.9 Å². The van der Waals surface area contributed by atoms with Gasteiger partial charge in [-0.2, -0.15) is 10.2 Å². The molecule has 3 N–H and O–H groups in total. The maximum Gasteiger partial charge on any atom is 0.412 e. The molecule has 15 heteroatoms. The van der Waals surface area contributed by atoms with Crippen molar-refractivity contribution < 1.29 is 23.5 Å². The molecule has 280 valence electrons. The minimum absolute atomic E-state index is 0.0121. The zero-order chi connectivity index (χ0) is 37.9. The number of aromatic nitrogens is 2. The molecule has 0 spiro atoms. The van der Waals surface area contributed by atoms with Gasteiger partial charge in [-0.05, 0) is 69.7 Å². The van der Waals surface area contributed by atoms with Gasteiger partial charge >= 0.3 is 6.09 Å². The molecule has 7 rings (SSSR count). The van der Waals surface area contributed by atoms with Gasteiger partial charge in [-0.25, -0.2) is 14.2 Å². The number of anilines is 3. The molecule has 0 unspecified atom stereocenters. The third kappa shape index (κ3) is 6.84. The molecule has 2 fully saturated rings. The van der Waals surface area contributed by atoms with Gasteiger partial charge in [0.2, 0.25) is 11.9 Å². The van der Waals surface area contributed by atoms with Crippen molar-refractivity contribution in [3.8, 4) is 17.2 Å². The van der Waals surface area contributed by atoms with Gasteiger partial charge in [-0.1, -0.05) is 31.5 Å². The number of amides is 2. The van der Waals surface area contributed by atoms with Crippen LogP contribution in [0.4, 0.5) is 26.0 Å². The summed E-state index contributed by atoms with van der Waals surface area (Å²) in [5.41, 5.74) is 2.40. The van der Waals surface area contributed by atoms with Gasteiger partial charge in [0.15, 0.2) is 0 Å². The van der Waals surface area contributed by atoms with Crippen LogP contribution in [-0.2, 0) is 27.5 Å². The molecule has 3 aliphatic heterocycles. The predicted molar refractivity (Wildman–Crippen MR) is 206 cm³/mol. The van der Waals surface area contributed by atoms with E-state index in [1.165, 1.54) is 6.07 Å². The molecule has 2 aromatic carbocycles. The van der Waals surface area contributed by atoms with Crippen LogP contribution in [0.1, 0.15) is 77.5 Å². The summed E-state index contributed by atoms with van der Waals surface area (Å²) in [6.07, 6.45) is 1.64. The van der Waals surface area contributed by atoms with Crippen LogP contribution in [0.25, 0.3) is 32.1 Å². The lowest BCUT2D eigenvalue weighted by molar-refractivity contribution is -0.132. The van der Waals surface area contributed by atoms with E-state index < -0.39 is 23.6 Å². The Morgan fingerprint density at radius 1 is 1.17 bits per heavy atom. The second-order valence-corrected chi connectivity index (χ2v) is 16.7. The first-order valence-corrected chi connectivity index (χ1v) is 19.2. The fourth-order valence-corrected chi connectivity index (χ4v) is 9.13. The Bertz CT molecular complexity index is 2180. The number of carbonyl (C=O) groups excluding carboxylic acids is 2. The maximum absolute atomic E-state index is 15.6. The van der Waals surface area contributed by atoms with Crippen molar-refractivity contribution in [1.29, 1.82) is 5.26 Å². The Morgan fingerprint density at radius 3 is 2.64 bits per heavy atom. The Morgan fingerprint density at radius 2 is 1.92 bits per heavy atom. The van der Waals surface area contributed by atoms with E-state index in [1.54, 1.807) is 38.8 Å². The molecule has 0 radical (unpaired) electrons. The van der Waals surface area contributed by atoms with Crippen LogP contribution in [0.5, 0.6) is 0 Å². The lowest BCUT2D eigenvalue weighted by Crippen LogP contribution is -2.46. The van der Waals surface area contributed by atoms with Crippen LogP contribution in [0, 0.1) is 17.1 Å². The van der Waals surface area contributed by atoms with Crippen molar-refractivity contribution in [2.24, 2.45) is 0 Å². The zero-order valence-corrected chi connectivity index (χ0v) is 32.5. The summed E-state index contributed by atoms with van der Waals surface area (Å²) in [5, 5.41) is 21.7. The smallest absolute Gasteiger partial charge is 0.412 e. The molecule has 2 amide bonds. The lowest BCUT2D eigenvalue weighted by Gasteiger charge is -2.31. The number of fused-ring (bicyclic) bond motifs is 4. The minimum atomic E-state index is -0.781. The Kier molecular flexibility index (Phi) is 9.90. The molecule has 2 aromatic heterocycles. The van der Waals surface area contributed by atoms with E-state index in [1.807, 2.05) is 0 Å². The molecule has 5 heterocycles. The highest BCUT2D eigenvalue weighted by Crippen LogP contribution is 2.50. The van der Waals surface area contributed by atoms with E-state index in [4.69, 9.17) is 31.0 Å². The van der Waals surface area contributed by atoms with Crippen molar-refractivity contribution in [3.05, 3.63) is 39.7 Å². The first kappa shape index (κ1) is 37.0. The van der Waals surface area contributed by atoms with E-state index in [9.17, 15) is 14.9 Å². The fraction of sp³-hybridized carbons (Fsp3) is 0.500. The predicted octanol–water partition coefficient (Wildman–Crippen LogP) is 7.55. The van der Waals surface area contributed by atoms with Crippen molar-refractivity contribution in [3.63, 3.8) is 0 Å². The van der Waals surface area contributed by atoms with Crippen molar-refractivity contribution in [2.75, 3.05) is 35.7 Å². The van der Waals surface area contributed by atoms with Crippen LogP contribution in [0.15, 0.2) is 12.1 Å². The number of likely N-dealkylation sites (tertiary alicyclic amines) is 1. The average Bonchev–Trinajstić information content (AvgIpc) is 3.80. The second-order valence-electron chi connectivity index (χ2n) is 15.3. The van der Waals surface area contributed by atoms with E-state index in [0.717, 1.165) is 35.3 Å². The molecular formula is C38H44ClFN8O4S. The number of benzene rings is 2. The minimum Gasteiger partial charge on any atom is -0.444 e. The largest absolute Gasteiger partial charge is 0.444 e. The average molecular weight is 763 g/mol. The van der Waals surface area contributed by atoms with Gasteiger partial charge < -0.3 is 29.9 Å². The molecule has 0 aliphatic carbocycles. The summed E-state index contributed by atoms with van der Waals surface area (Å²) in [4.78, 5) is 40.3. The summed E-state index contributed by atoms with van der Waals surface area (Å²) >= 11 is 8.45. The van der Waals surface area contributed by atoms with Crippen LogP contribution in [0.3, 0.4) is 0 Å². The molecule has 53 heavy (non-hydrogen) atoms. The SMILES string of the molecule is CC(C)N[C@H]1CCN(c2nc(N[C@@H]3CCCN(C)C3=O)c3c4c(c(-c5ccc(F)c6sc(NC(=O)OC(C)(C)C)c(C#N)c56)c(Cl)c3n2)COC4)[C@H]1C.